The average molecular weight is 803 g/mol. The molecule has 0 unspecified atom stereocenters. The maximum Gasteiger partial charge on any atom is 0.333 e. The van der Waals surface area contributed by atoms with Gasteiger partial charge in [-0.05, 0) is 0 Å². The highest BCUT2D eigenvalue weighted by Crippen LogP contribution is 2.33. The van der Waals surface area contributed by atoms with Gasteiger partial charge in [-0.1, -0.05) is 0 Å². The third kappa shape index (κ3) is 12.4. The van der Waals surface area contributed by atoms with Gasteiger partial charge in [0.1, 0.15) is 0 Å². The maximum absolute atomic E-state index is 11.9. The highest BCUT2D eigenvalue weighted by atomic mass is 16.7. The molecule has 0 aromatic rings. The van der Waals surface area contributed by atoms with Crippen molar-refractivity contribution in [3.63, 3.8) is 0 Å². The molecule has 22 heteroatoms. The molecule has 0 bridgehead atoms. The molecule has 6 rings (SSSR count). The summed E-state index contributed by atoms with van der Waals surface area (Å²) < 4.78 is 44.8. The van der Waals surface area contributed by atoms with Gasteiger partial charge in [0.15, 0.2) is 25.2 Å². The molecule has 0 saturated carbocycles. The fourth-order valence-electron chi connectivity index (χ4n) is 6.08. The SMILES string of the molecule is O=C(CCC1OCC2(CO1)COC(CCC(=O)ON1C(=O)CCC1=O)OC2)ON1C(=O)CCC1=O.O=C(O)CCC1OCC2(CO1)COC(CCC(=O)O)OC2. The number of hydrogen-bond acceptors (Lipinski definition) is 18. The first kappa shape index (κ1) is 43.0. The second-order valence-corrected chi connectivity index (χ2v) is 14.2. The molecule has 6 heterocycles. The minimum Gasteiger partial charge on any atom is -0.481 e. The van der Waals surface area contributed by atoms with Crippen LogP contribution in [-0.4, -0.2) is 146 Å². The first-order chi connectivity index (χ1) is 26.7. The molecular formula is C34H46N2O20. The van der Waals surface area contributed by atoms with Gasteiger partial charge in [-0.25, -0.2) is 9.59 Å². The van der Waals surface area contributed by atoms with Crippen LogP contribution in [0.15, 0.2) is 0 Å². The van der Waals surface area contributed by atoms with Crippen molar-refractivity contribution in [2.75, 3.05) is 52.9 Å². The van der Waals surface area contributed by atoms with Crippen molar-refractivity contribution >= 4 is 47.5 Å². The van der Waals surface area contributed by atoms with Crippen LogP contribution in [0.5, 0.6) is 0 Å². The van der Waals surface area contributed by atoms with Crippen LogP contribution in [0, 0.1) is 10.8 Å². The number of carboxylic acid groups (broad SMARTS) is 2. The van der Waals surface area contributed by atoms with Gasteiger partial charge in [0.25, 0.3) is 23.6 Å². The molecule has 6 fully saturated rings. The average Bonchev–Trinajstić information content (AvgIpc) is 3.67. The molecule has 6 saturated heterocycles. The number of imide groups is 2. The summed E-state index contributed by atoms with van der Waals surface area (Å²) in [5.41, 5.74) is -0.934. The lowest BCUT2D eigenvalue weighted by molar-refractivity contribution is -0.304. The monoisotopic (exact) mass is 802 g/mol. The summed E-state index contributed by atoms with van der Waals surface area (Å²) >= 11 is 0. The number of rotatable bonds is 14. The van der Waals surface area contributed by atoms with E-state index in [4.69, 9.17) is 57.8 Å². The summed E-state index contributed by atoms with van der Waals surface area (Å²) in [4.78, 5) is 100. The van der Waals surface area contributed by atoms with E-state index in [0.717, 1.165) is 0 Å². The third-order valence-corrected chi connectivity index (χ3v) is 9.36. The van der Waals surface area contributed by atoms with Gasteiger partial charge in [-0.2, -0.15) is 0 Å². The molecule has 6 aliphatic heterocycles. The first-order valence-corrected chi connectivity index (χ1v) is 18.2. The Morgan fingerprint density at radius 2 is 0.696 bits per heavy atom. The van der Waals surface area contributed by atoms with Gasteiger partial charge in [-0.3, -0.25) is 28.8 Å². The van der Waals surface area contributed by atoms with E-state index >= 15 is 0 Å². The van der Waals surface area contributed by atoms with Gasteiger partial charge in [0.05, 0.1) is 89.4 Å². The molecule has 22 nitrogen and oxygen atoms in total. The molecule has 4 amide bonds. The van der Waals surface area contributed by atoms with E-state index < -0.39 is 78.1 Å². The molecule has 2 N–H and O–H groups in total. The molecule has 0 aromatic carbocycles. The summed E-state index contributed by atoms with van der Waals surface area (Å²) in [7, 11) is 0. The largest absolute Gasteiger partial charge is 0.481 e. The highest BCUT2D eigenvalue weighted by molar-refractivity contribution is 6.02. The van der Waals surface area contributed by atoms with E-state index in [1.165, 1.54) is 0 Å². The Hall–Kier alpha value is -4.16. The number of carboxylic acids is 2. The molecule has 56 heavy (non-hydrogen) atoms. The second-order valence-electron chi connectivity index (χ2n) is 14.2. The van der Waals surface area contributed by atoms with E-state index in [0.29, 0.717) is 49.4 Å². The van der Waals surface area contributed by atoms with Crippen LogP contribution in [0.25, 0.3) is 0 Å². The molecule has 6 aliphatic rings. The van der Waals surface area contributed by atoms with Crippen LogP contribution in [-0.2, 0) is 85.9 Å². The Morgan fingerprint density at radius 1 is 0.464 bits per heavy atom. The minimum absolute atomic E-state index is 0.00191. The zero-order valence-corrected chi connectivity index (χ0v) is 30.6. The minimum atomic E-state index is -0.881. The van der Waals surface area contributed by atoms with Gasteiger partial charge in [0.2, 0.25) is 0 Å². The lowest BCUT2D eigenvalue weighted by Crippen LogP contribution is -2.52. The second kappa shape index (κ2) is 19.8. The van der Waals surface area contributed by atoms with Crippen molar-refractivity contribution in [3.05, 3.63) is 0 Å². The Morgan fingerprint density at radius 3 is 0.929 bits per heavy atom. The summed E-state index contributed by atoms with van der Waals surface area (Å²) in [6, 6.07) is 0. The number of hydrogen-bond donors (Lipinski definition) is 2. The van der Waals surface area contributed by atoms with Crippen molar-refractivity contribution in [1.82, 2.24) is 10.1 Å². The number of amides is 4. The predicted octanol–water partition coefficient (Wildman–Crippen LogP) is -0.0584. The van der Waals surface area contributed by atoms with Crippen molar-refractivity contribution in [2.45, 2.75) is 102 Å². The molecule has 2 spiro atoms. The number of carbonyl (C=O) groups excluding carboxylic acids is 6. The quantitative estimate of drug-likeness (QED) is 0.218. The van der Waals surface area contributed by atoms with E-state index in [2.05, 4.69) is 0 Å². The lowest BCUT2D eigenvalue weighted by Gasteiger charge is -2.43. The Labute approximate surface area is 319 Å². The van der Waals surface area contributed by atoms with Crippen LogP contribution in [0.4, 0.5) is 0 Å². The predicted molar refractivity (Wildman–Crippen MR) is 174 cm³/mol. The molecule has 0 atom stereocenters. The fourth-order valence-corrected chi connectivity index (χ4v) is 6.08. The van der Waals surface area contributed by atoms with E-state index in [1.807, 2.05) is 0 Å². The Balaban J connectivity index is 0.000000244. The van der Waals surface area contributed by atoms with Crippen LogP contribution in [0.1, 0.15) is 77.0 Å². The normalized spacial score (nSPS) is 30.6. The number of nitrogens with zero attached hydrogens (tertiary/aromatic N) is 2. The van der Waals surface area contributed by atoms with Crippen LogP contribution in [0.2, 0.25) is 0 Å². The first-order valence-electron chi connectivity index (χ1n) is 18.2. The third-order valence-electron chi connectivity index (χ3n) is 9.36. The van der Waals surface area contributed by atoms with Crippen LogP contribution >= 0.6 is 0 Å². The van der Waals surface area contributed by atoms with Crippen LogP contribution < -0.4 is 0 Å². The van der Waals surface area contributed by atoms with E-state index in [9.17, 15) is 38.4 Å². The van der Waals surface area contributed by atoms with Gasteiger partial charge in [0, 0.05) is 51.4 Å². The number of ether oxygens (including phenoxy) is 8. The highest BCUT2D eigenvalue weighted by Gasteiger charge is 2.44. The molecule has 0 aromatic heterocycles. The van der Waals surface area contributed by atoms with Gasteiger partial charge >= 0.3 is 23.9 Å². The zero-order chi connectivity index (χ0) is 40.3. The lowest BCUT2D eigenvalue weighted by atomic mass is 9.90. The zero-order valence-electron chi connectivity index (χ0n) is 30.6. The smallest absolute Gasteiger partial charge is 0.333 e. The topological polar surface area (TPSA) is 276 Å². The standard InChI is InChI=1S/C21H26N2O12.C13H20O8/c24-13-1-2-14(25)22(13)34-17(28)5-7-19-30-9-21(10-31-19)11-32-20(33-12-21)8-6-18(29)35-23-15(26)3-4-16(23)27;14-9(15)1-3-11-18-5-13(6-19-11)7-20-12(21-8-13)4-2-10(16)17/h19-20H,1-12H2;11-12H,1-8H2,(H,14,15)(H,16,17). The molecule has 0 radical (unpaired) electrons. The van der Waals surface area contributed by atoms with Gasteiger partial charge in [-0.15, -0.1) is 10.1 Å². The molecule has 312 valence electrons. The van der Waals surface area contributed by atoms with Crippen LogP contribution in [0.3, 0.4) is 0 Å². The summed E-state index contributed by atoms with van der Waals surface area (Å²) in [5, 5.41) is 18.2. The van der Waals surface area contributed by atoms with Gasteiger partial charge < -0.3 is 57.8 Å². The number of hydroxylamine groups is 4. The number of aliphatic carboxylic acids is 2. The van der Waals surface area contributed by atoms with E-state index in [-0.39, 0.29) is 96.1 Å². The summed E-state index contributed by atoms with van der Waals surface area (Å²) in [6.45, 7) is 2.53. The number of carbonyl (C=O) groups is 8. The molecule has 0 aliphatic carbocycles. The van der Waals surface area contributed by atoms with Crippen molar-refractivity contribution in [1.29, 1.82) is 0 Å². The molecular weight excluding hydrogens is 756 g/mol. The maximum atomic E-state index is 11.9. The van der Waals surface area contributed by atoms with E-state index in [1.54, 1.807) is 0 Å². The Kier molecular flexibility index (Phi) is 15.2. The van der Waals surface area contributed by atoms with Crippen molar-refractivity contribution in [3.8, 4) is 0 Å². The summed E-state index contributed by atoms with van der Waals surface area (Å²) in [6.07, 6.45) is -1.44. The van der Waals surface area contributed by atoms with Crippen molar-refractivity contribution < 1.29 is 96.1 Å². The van der Waals surface area contributed by atoms with Crippen molar-refractivity contribution in [2.24, 2.45) is 10.8 Å². The fraction of sp³-hybridized carbons (Fsp3) is 0.765. The summed E-state index contributed by atoms with van der Waals surface area (Å²) in [5.74, 6) is -5.39. The Bertz CT molecular complexity index is 1310.